The van der Waals surface area contributed by atoms with Gasteiger partial charge in [0.05, 0.1) is 0 Å². The van der Waals surface area contributed by atoms with E-state index < -0.39 is 33.8 Å². The Hall–Kier alpha value is -1.22. The number of urea groups is 1. The fraction of sp³-hybridized carbons (Fsp3) is 0.636. The third kappa shape index (κ3) is 4.41. The van der Waals surface area contributed by atoms with Crippen molar-refractivity contribution in [2.75, 3.05) is 37.4 Å². The van der Waals surface area contributed by atoms with Crippen LogP contribution in [0.4, 0.5) is 4.79 Å². The van der Waals surface area contributed by atoms with E-state index in [1.165, 1.54) is 22.7 Å². The Morgan fingerprint density at radius 2 is 2.20 bits per heavy atom. The molecule has 1 heterocycles. The van der Waals surface area contributed by atoms with Crippen molar-refractivity contribution in [1.29, 1.82) is 0 Å². The summed E-state index contributed by atoms with van der Waals surface area (Å²) in [5.74, 6) is -0.214. The zero-order valence-electron chi connectivity index (χ0n) is 11.2. The van der Waals surface area contributed by atoms with Gasteiger partial charge < -0.3 is 14.9 Å². The molecule has 1 atom stereocenters. The van der Waals surface area contributed by atoms with Crippen LogP contribution in [0.1, 0.15) is 0 Å². The van der Waals surface area contributed by atoms with Crippen LogP contribution in [0.3, 0.4) is 0 Å². The number of hydrogen-bond donors (Lipinski definition) is 1. The van der Waals surface area contributed by atoms with E-state index in [9.17, 15) is 18.0 Å². The molecule has 0 aromatic rings. The van der Waals surface area contributed by atoms with Gasteiger partial charge in [0.1, 0.15) is 11.9 Å². The van der Waals surface area contributed by atoms with Crippen molar-refractivity contribution in [3.05, 3.63) is 12.7 Å². The lowest BCUT2D eigenvalue weighted by atomic mass is 10.4. The van der Waals surface area contributed by atoms with Gasteiger partial charge in [-0.1, -0.05) is 6.08 Å². The van der Waals surface area contributed by atoms with Gasteiger partial charge >= 0.3 is 12.0 Å². The minimum atomic E-state index is -3.41. The smallest absolute Gasteiger partial charge is 0.323 e. The zero-order valence-corrected chi connectivity index (χ0v) is 12.8. The Bertz CT molecular complexity index is 491. The van der Waals surface area contributed by atoms with Gasteiger partial charge in [0.15, 0.2) is 9.84 Å². The van der Waals surface area contributed by atoms with E-state index in [2.05, 4.69) is 6.58 Å². The molecule has 0 aromatic heterocycles. The average molecular weight is 322 g/mol. The maximum absolute atomic E-state index is 12.3. The quantitative estimate of drug-likeness (QED) is 0.721. The predicted octanol–water partition coefficient (Wildman–Crippen LogP) is 0.0985. The van der Waals surface area contributed by atoms with Crippen molar-refractivity contribution >= 4 is 33.6 Å². The molecule has 7 nitrogen and oxygen atoms in total. The highest BCUT2D eigenvalue weighted by molar-refractivity contribution is 8.00. The van der Waals surface area contributed by atoms with E-state index >= 15 is 0 Å². The van der Waals surface area contributed by atoms with Crippen molar-refractivity contribution < 1.29 is 23.1 Å². The molecule has 1 N–H and O–H groups in total. The number of amides is 2. The molecule has 1 rings (SSSR count). The van der Waals surface area contributed by atoms with Gasteiger partial charge in [-0.2, -0.15) is 11.8 Å². The fourth-order valence-electron chi connectivity index (χ4n) is 1.87. The van der Waals surface area contributed by atoms with Crippen molar-refractivity contribution in [3.63, 3.8) is 0 Å². The Balaban J connectivity index is 2.94. The minimum absolute atomic E-state index is 0.0608. The summed E-state index contributed by atoms with van der Waals surface area (Å²) in [5, 5.41) is 7.91. The largest absolute Gasteiger partial charge is 0.480 e. The van der Waals surface area contributed by atoms with Gasteiger partial charge in [-0.05, 0) is 0 Å². The first-order valence-electron chi connectivity index (χ1n) is 5.92. The number of nitrogens with zero attached hydrogens (tertiary/aromatic N) is 2. The summed E-state index contributed by atoms with van der Waals surface area (Å²) in [5.41, 5.74) is 0. The summed E-state index contributed by atoms with van der Waals surface area (Å²) in [4.78, 5) is 25.4. The van der Waals surface area contributed by atoms with Crippen LogP contribution in [-0.2, 0) is 14.6 Å². The SMILES string of the molecule is C=CCN(CC(=O)O)C(=O)N1CCSCC1S(C)(=O)=O. The lowest BCUT2D eigenvalue weighted by molar-refractivity contribution is -0.137. The highest BCUT2D eigenvalue weighted by Crippen LogP contribution is 2.21. The number of hydrogen-bond acceptors (Lipinski definition) is 5. The number of thioether (sulfide) groups is 1. The maximum atomic E-state index is 12.3. The van der Waals surface area contributed by atoms with Crippen molar-refractivity contribution in [2.24, 2.45) is 0 Å². The summed E-state index contributed by atoms with van der Waals surface area (Å²) >= 11 is 1.46. The van der Waals surface area contributed by atoms with Crippen molar-refractivity contribution in [3.8, 4) is 0 Å². The molecule has 0 saturated carbocycles. The molecule has 1 saturated heterocycles. The molecular formula is C11H18N2O5S2. The van der Waals surface area contributed by atoms with Crippen LogP contribution in [0.15, 0.2) is 12.7 Å². The van der Waals surface area contributed by atoms with Crippen LogP contribution < -0.4 is 0 Å². The number of aliphatic carboxylic acids is 1. The second kappa shape index (κ2) is 6.98. The monoisotopic (exact) mass is 322 g/mol. The maximum Gasteiger partial charge on any atom is 0.323 e. The molecule has 2 amide bonds. The third-order valence-electron chi connectivity index (χ3n) is 2.77. The molecule has 1 aliphatic rings. The number of sulfone groups is 1. The molecular weight excluding hydrogens is 304 g/mol. The van der Waals surface area contributed by atoms with Crippen LogP contribution in [0.2, 0.25) is 0 Å². The molecule has 0 bridgehead atoms. The first-order chi connectivity index (χ1) is 9.27. The topological polar surface area (TPSA) is 95.0 Å². The van der Waals surface area contributed by atoms with Crippen LogP contribution in [0, 0.1) is 0 Å². The molecule has 1 unspecified atom stereocenters. The predicted molar refractivity (Wildman–Crippen MR) is 77.5 cm³/mol. The summed E-state index contributed by atoms with van der Waals surface area (Å²) in [6.07, 6.45) is 2.49. The minimum Gasteiger partial charge on any atom is -0.480 e. The molecule has 0 aliphatic carbocycles. The van der Waals surface area contributed by atoms with Gasteiger partial charge in [0, 0.05) is 30.9 Å². The number of carbonyl (C=O) groups is 2. The molecule has 1 fully saturated rings. The second-order valence-corrected chi connectivity index (χ2v) is 7.75. The van der Waals surface area contributed by atoms with E-state index in [4.69, 9.17) is 5.11 Å². The molecule has 0 aromatic carbocycles. The van der Waals surface area contributed by atoms with Crippen molar-refractivity contribution in [1.82, 2.24) is 9.80 Å². The van der Waals surface area contributed by atoms with Crippen LogP contribution >= 0.6 is 11.8 Å². The molecule has 20 heavy (non-hydrogen) atoms. The first kappa shape index (κ1) is 16.8. The Labute approximate surface area is 122 Å². The first-order valence-corrected chi connectivity index (χ1v) is 9.03. The van der Waals surface area contributed by atoms with Crippen LogP contribution in [-0.4, -0.2) is 78.1 Å². The molecule has 0 radical (unpaired) electrons. The van der Waals surface area contributed by atoms with Gasteiger partial charge in [0.2, 0.25) is 0 Å². The lowest BCUT2D eigenvalue weighted by Gasteiger charge is -2.37. The summed E-state index contributed by atoms with van der Waals surface area (Å²) in [6.45, 7) is 3.34. The Morgan fingerprint density at radius 3 is 2.70 bits per heavy atom. The van der Waals surface area contributed by atoms with E-state index in [0.29, 0.717) is 11.5 Å². The Kier molecular flexibility index (Phi) is 5.88. The summed E-state index contributed by atoms with van der Waals surface area (Å²) in [7, 11) is -3.41. The number of carboxylic acid groups (broad SMARTS) is 1. The summed E-state index contributed by atoms with van der Waals surface area (Å²) < 4.78 is 23.5. The van der Waals surface area contributed by atoms with Crippen molar-refractivity contribution in [2.45, 2.75) is 5.37 Å². The van der Waals surface area contributed by atoms with Gasteiger partial charge in [-0.25, -0.2) is 13.2 Å². The van der Waals surface area contributed by atoms with Gasteiger partial charge in [-0.3, -0.25) is 4.79 Å². The van der Waals surface area contributed by atoms with Gasteiger partial charge in [-0.15, -0.1) is 6.58 Å². The van der Waals surface area contributed by atoms with E-state index in [1.54, 1.807) is 0 Å². The molecule has 0 spiro atoms. The van der Waals surface area contributed by atoms with Crippen LogP contribution in [0.25, 0.3) is 0 Å². The second-order valence-electron chi connectivity index (χ2n) is 4.40. The third-order valence-corrected chi connectivity index (χ3v) is 5.41. The highest BCUT2D eigenvalue weighted by Gasteiger charge is 2.36. The van der Waals surface area contributed by atoms with E-state index in [1.807, 2.05) is 0 Å². The zero-order chi connectivity index (χ0) is 15.3. The molecule has 114 valence electrons. The average Bonchev–Trinajstić information content (AvgIpc) is 2.36. The van der Waals surface area contributed by atoms with Crippen LogP contribution in [0.5, 0.6) is 0 Å². The number of carboxylic acids is 1. The standard InChI is InChI=1S/C11H18N2O5S2/c1-3-4-12(7-10(14)15)11(16)13-5-6-19-8-9(13)20(2,17)18/h3,9H,1,4-8H2,2H3,(H,14,15). The number of rotatable bonds is 5. The fourth-order valence-corrected chi connectivity index (χ4v) is 4.67. The molecule has 9 heteroatoms. The van der Waals surface area contributed by atoms with E-state index in [0.717, 1.165) is 11.2 Å². The lowest BCUT2D eigenvalue weighted by Crippen LogP contribution is -2.55. The summed E-state index contributed by atoms with van der Waals surface area (Å²) in [6, 6.07) is -0.581. The number of carbonyl (C=O) groups excluding carboxylic acids is 1. The van der Waals surface area contributed by atoms with E-state index in [-0.39, 0.29) is 13.1 Å². The van der Waals surface area contributed by atoms with Gasteiger partial charge in [0.25, 0.3) is 0 Å². The highest BCUT2D eigenvalue weighted by atomic mass is 32.2. The molecule has 1 aliphatic heterocycles. The normalized spacial score (nSPS) is 19.4. The Morgan fingerprint density at radius 1 is 1.55 bits per heavy atom.